The molecule has 0 spiro atoms. The summed E-state index contributed by atoms with van der Waals surface area (Å²) in [4.78, 5) is 11.9. The number of hydrogen-bond acceptors (Lipinski definition) is 5. The van der Waals surface area contributed by atoms with Gasteiger partial charge in [0.2, 0.25) is 5.76 Å². The van der Waals surface area contributed by atoms with E-state index < -0.39 is 5.97 Å². The predicted octanol–water partition coefficient (Wildman–Crippen LogP) is 4.60. The topological polar surface area (TPSA) is 65.5 Å². The van der Waals surface area contributed by atoms with Gasteiger partial charge in [0.15, 0.2) is 5.76 Å². The Kier molecular flexibility index (Phi) is 4.18. The Hall–Kier alpha value is -2.24. The van der Waals surface area contributed by atoms with E-state index in [-0.39, 0.29) is 11.6 Å². The van der Waals surface area contributed by atoms with Gasteiger partial charge >= 0.3 is 5.97 Å². The first kappa shape index (κ1) is 14.7. The van der Waals surface area contributed by atoms with Gasteiger partial charge in [-0.1, -0.05) is 28.4 Å². The van der Waals surface area contributed by atoms with Crippen LogP contribution >= 0.6 is 23.2 Å². The standard InChI is InChI=1S/C15H9Cl2NO4/c16-11-4-3-9(6-12(11)17)15(19)21-8-10-7-14(22-18-10)13-2-1-5-20-13/h1-7H,8H2. The number of hydrogen-bond donors (Lipinski definition) is 0. The Labute approximate surface area is 135 Å². The van der Waals surface area contributed by atoms with Crippen LogP contribution in [0.5, 0.6) is 0 Å². The molecule has 0 saturated heterocycles. The van der Waals surface area contributed by atoms with Crippen molar-refractivity contribution in [2.24, 2.45) is 0 Å². The van der Waals surface area contributed by atoms with Crippen LogP contribution in [0.25, 0.3) is 11.5 Å². The molecule has 2 heterocycles. The van der Waals surface area contributed by atoms with Crippen LogP contribution in [0, 0.1) is 0 Å². The van der Waals surface area contributed by atoms with Crippen molar-refractivity contribution >= 4 is 29.2 Å². The Morgan fingerprint density at radius 1 is 1.14 bits per heavy atom. The smallest absolute Gasteiger partial charge is 0.338 e. The first-order valence-corrected chi connectivity index (χ1v) is 7.01. The largest absolute Gasteiger partial charge is 0.461 e. The van der Waals surface area contributed by atoms with E-state index in [2.05, 4.69) is 5.16 Å². The lowest BCUT2D eigenvalue weighted by molar-refractivity contribution is 0.0464. The van der Waals surface area contributed by atoms with Gasteiger partial charge in [-0.2, -0.15) is 0 Å². The van der Waals surface area contributed by atoms with Gasteiger partial charge in [-0.15, -0.1) is 0 Å². The maximum Gasteiger partial charge on any atom is 0.338 e. The van der Waals surface area contributed by atoms with Gasteiger partial charge in [-0.05, 0) is 30.3 Å². The quantitative estimate of drug-likeness (QED) is 0.651. The molecule has 22 heavy (non-hydrogen) atoms. The third kappa shape index (κ3) is 3.16. The van der Waals surface area contributed by atoms with Crippen LogP contribution in [0.4, 0.5) is 0 Å². The molecule has 0 amide bonds. The van der Waals surface area contributed by atoms with Crippen molar-refractivity contribution in [2.75, 3.05) is 0 Å². The number of aromatic nitrogens is 1. The van der Waals surface area contributed by atoms with Crippen molar-refractivity contribution in [2.45, 2.75) is 6.61 Å². The van der Waals surface area contributed by atoms with E-state index in [9.17, 15) is 4.79 Å². The van der Waals surface area contributed by atoms with Gasteiger partial charge in [0.05, 0.1) is 21.9 Å². The normalized spacial score (nSPS) is 10.6. The van der Waals surface area contributed by atoms with Crippen LogP contribution in [0.15, 0.2) is 51.6 Å². The second-order valence-electron chi connectivity index (χ2n) is 4.36. The van der Waals surface area contributed by atoms with Crippen LogP contribution in [0.2, 0.25) is 10.0 Å². The molecular formula is C15H9Cl2NO4. The van der Waals surface area contributed by atoms with Gasteiger partial charge in [0.25, 0.3) is 0 Å². The van der Waals surface area contributed by atoms with Gasteiger partial charge in [-0.25, -0.2) is 4.79 Å². The van der Waals surface area contributed by atoms with E-state index in [0.29, 0.717) is 27.8 Å². The second kappa shape index (κ2) is 6.25. The van der Waals surface area contributed by atoms with Crippen molar-refractivity contribution in [3.63, 3.8) is 0 Å². The fraction of sp³-hybridized carbons (Fsp3) is 0.0667. The van der Waals surface area contributed by atoms with E-state index in [1.807, 2.05) is 0 Å². The van der Waals surface area contributed by atoms with E-state index in [0.717, 1.165) is 0 Å². The van der Waals surface area contributed by atoms with Crippen molar-refractivity contribution in [3.8, 4) is 11.5 Å². The summed E-state index contributed by atoms with van der Waals surface area (Å²) < 4.78 is 15.4. The number of halogens is 2. The average Bonchev–Trinajstić information content (AvgIpc) is 3.18. The summed E-state index contributed by atoms with van der Waals surface area (Å²) >= 11 is 11.7. The third-order valence-corrected chi connectivity index (χ3v) is 3.57. The number of carbonyl (C=O) groups is 1. The molecule has 0 bridgehead atoms. The zero-order valence-corrected chi connectivity index (χ0v) is 12.6. The number of benzene rings is 1. The Bertz CT molecular complexity index is 796. The van der Waals surface area contributed by atoms with Gasteiger partial charge in [0, 0.05) is 6.07 Å². The molecule has 5 nitrogen and oxygen atoms in total. The third-order valence-electron chi connectivity index (χ3n) is 2.83. The molecule has 3 aromatic rings. The van der Waals surface area contributed by atoms with Crippen molar-refractivity contribution < 1.29 is 18.5 Å². The first-order valence-electron chi connectivity index (χ1n) is 6.25. The number of carbonyl (C=O) groups excluding carboxylic acids is 1. The van der Waals surface area contributed by atoms with Crippen molar-refractivity contribution in [1.82, 2.24) is 5.16 Å². The molecule has 112 valence electrons. The molecule has 0 saturated carbocycles. The molecule has 1 aromatic carbocycles. The molecule has 0 unspecified atom stereocenters. The molecule has 0 radical (unpaired) electrons. The fourth-order valence-corrected chi connectivity index (χ4v) is 2.06. The lowest BCUT2D eigenvalue weighted by Gasteiger charge is -2.03. The number of esters is 1. The maximum absolute atomic E-state index is 11.9. The van der Waals surface area contributed by atoms with E-state index >= 15 is 0 Å². The molecule has 3 rings (SSSR count). The second-order valence-corrected chi connectivity index (χ2v) is 5.18. The summed E-state index contributed by atoms with van der Waals surface area (Å²) in [6.45, 7) is -0.0245. The molecule has 0 aliphatic carbocycles. The fourth-order valence-electron chi connectivity index (χ4n) is 1.76. The number of ether oxygens (including phenoxy) is 1. The molecule has 0 aliphatic rings. The molecule has 0 atom stereocenters. The summed E-state index contributed by atoms with van der Waals surface area (Å²) in [7, 11) is 0. The Morgan fingerprint density at radius 2 is 2.00 bits per heavy atom. The Balaban J connectivity index is 1.65. The molecule has 2 aromatic heterocycles. The van der Waals surface area contributed by atoms with Crippen LogP contribution in [0.1, 0.15) is 16.1 Å². The van der Waals surface area contributed by atoms with Crippen LogP contribution in [-0.4, -0.2) is 11.1 Å². The lowest BCUT2D eigenvalue weighted by atomic mass is 10.2. The molecule has 0 aliphatic heterocycles. The highest BCUT2D eigenvalue weighted by Crippen LogP contribution is 2.24. The van der Waals surface area contributed by atoms with Crippen LogP contribution in [-0.2, 0) is 11.3 Å². The minimum Gasteiger partial charge on any atom is -0.461 e. The summed E-state index contributed by atoms with van der Waals surface area (Å²) in [5.41, 5.74) is 0.781. The average molecular weight is 338 g/mol. The van der Waals surface area contributed by atoms with Crippen molar-refractivity contribution in [3.05, 3.63) is 64.0 Å². The lowest BCUT2D eigenvalue weighted by Crippen LogP contribution is -2.05. The predicted molar refractivity (Wildman–Crippen MR) is 79.8 cm³/mol. The number of furan rings is 1. The van der Waals surface area contributed by atoms with E-state index in [4.69, 9.17) is 36.9 Å². The zero-order chi connectivity index (χ0) is 15.5. The summed E-state index contributed by atoms with van der Waals surface area (Å²) in [5.74, 6) is 0.487. The van der Waals surface area contributed by atoms with Gasteiger partial charge < -0.3 is 13.7 Å². The SMILES string of the molecule is O=C(OCc1cc(-c2ccco2)on1)c1ccc(Cl)c(Cl)c1. The monoisotopic (exact) mass is 337 g/mol. The zero-order valence-electron chi connectivity index (χ0n) is 11.1. The minimum absolute atomic E-state index is 0.0245. The molecule has 0 fully saturated rings. The first-order chi connectivity index (χ1) is 10.6. The highest BCUT2D eigenvalue weighted by atomic mass is 35.5. The molecular weight excluding hydrogens is 329 g/mol. The van der Waals surface area contributed by atoms with E-state index in [1.54, 1.807) is 18.2 Å². The minimum atomic E-state index is -0.527. The summed E-state index contributed by atoms with van der Waals surface area (Å²) in [6.07, 6.45) is 1.53. The molecule has 0 N–H and O–H groups in total. The van der Waals surface area contributed by atoms with Crippen LogP contribution in [0.3, 0.4) is 0 Å². The van der Waals surface area contributed by atoms with Gasteiger partial charge in [0.1, 0.15) is 12.3 Å². The highest BCUT2D eigenvalue weighted by molar-refractivity contribution is 6.42. The van der Waals surface area contributed by atoms with E-state index in [1.165, 1.54) is 24.5 Å². The van der Waals surface area contributed by atoms with Crippen LogP contribution < -0.4 is 0 Å². The summed E-state index contributed by atoms with van der Waals surface area (Å²) in [5, 5.41) is 4.47. The number of nitrogens with zero attached hydrogens (tertiary/aromatic N) is 1. The summed E-state index contributed by atoms with van der Waals surface area (Å²) in [6, 6.07) is 9.64. The van der Waals surface area contributed by atoms with Crippen molar-refractivity contribution in [1.29, 1.82) is 0 Å². The number of rotatable bonds is 4. The maximum atomic E-state index is 11.9. The molecule has 7 heteroatoms. The van der Waals surface area contributed by atoms with Gasteiger partial charge in [-0.3, -0.25) is 0 Å². The Morgan fingerprint density at radius 3 is 2.73 bits per heavy atom. The highest BCUT2D eigenvalue weighted by Gasteiger charge is 2.13.